The van der Waals surface area contributed by atoms with Gasteiger partial charge in [-0.2, -0.15) is 0 Å². The third-order valence-corrected chi connectivity index (χ3v) is 5.25. The van der Waals surface area contributed by atoms with Gasteiger partial charge in [0.05, 0.1) is 19.2 Å². The molecule has 4 rings (SSSR count). The molecular weight excluding hydrogens is 360 g/mol. The van der Waals surface area contributed by atoms with Crippen molar-refractivity contribution in [2.24, 2.45) is 0 Å². The van der Waals surface area contributed by atoms with E-state index in [4.69, 9.17) is 9.47 Å². The van der Waals surface area contributed by atoms with Crippen LogP contribution in [0.25, 0.3) is 0 Å². The van der Waals surface area contributed by atoms with Crippen molar-refractivity contribution in [3.05, 3.63) is 52.8 Å². The number of hydrogen-bond donors (Lipinski definition) is 1. The van der Waals surface area contributed by atoms with Gasteiger partial charge in [-0.3, -0.25) is 9.59 Å². The van der Waals surface area contributed by atoms with E-state index >= 15 is 0 Å². The Morgan fingerprint density at radius 1 is 1.21 bits per heavy atom. The lowest BCUT2D eigenvalue weighted by atomic mass is 9.97. The molecule has 1 saturated heterocycles. The van der Waals surface area contributed by atoms with E-state index < -0.39 is 5.97 Å². The number of ketones is 1. The van der Waals surface area contributed by atoms with Gasteiger partial charge in [-0.05, 0) is 37.1 Å². The molecule has 1 aromatic carbocycles. The maximum absolute atomic E-state index is 12.8. The van der Waals surface area contributed by atoms with Crippen LogP contribution >= 0.6 is 0 Å². The fourth-order valence-electron chi connectivity index (χ4n) is 3.80. The van der Waals surface area contributed by atoms with Crippen LogP contribution in [0.5, 0.6) is 5.75 Å². The maximum atomic E-state index is 12.8. The number of carbonyl (C=O) groups excluding carboxylic acids is 3. The van der Waals surface area contributed by atoms with Crippen molar-refractivity contribution in [3.63, 3.8) is 0 Å². The molecule has 1 N–H and O–H groups in total. The molecule has 1 aliphatic heterocycles. The monoisotopic (exact) mass is 382 g/mol. The first-order valence-corrected chi connectivity index (χ1v) is 9.44. The van der Waals surface area contributed by atoms with E-state index in [1.54, 1.807) is 35.2 Å². The van der Waals surface area contributed by atoms with Crippen LogP contribution < -0.4 is 4.74 Å². The average molecular weight is 382 g/mol. The number of carbonyl (C=O) groups is 3. The Bertz CT molecular complexity index is 933. The Balaban J connectivity index is 1.41. The Kier molecular flexibility index (Phi) is 4.90. The van der Waals surface area contributed by atoms with E-state index in [1.165, 1.54) is 7.11 Å². The van der Waals surface area contributed by atoms with Crippen molar-refractivity contribution in [1.29, 1.82) is 0 Å². The molecule has 2 heterocycles. The van der Waals surface area contributed by atoms with Crippen LogP contribution in [0.4, 0.5) is 0 Å². The number of aromatic amines is 1. The van der Waals surface area contributed by atoms with Crippen molar-refractivity contribution in [2.45, 2.75) is 31.8 Å². The second kappa shape index (κ2) is 7.50. The summed E-state index contributed by atoms with van der Waals surface area (Å²) in [5.41, 5.74) is 2.41. The lowest BCUT2D eigenvalue weighted by Gasteiger charge is -2.17. The number of likely N-dealkylation sites (tertiary alicyclic amines) is 1. The topological polar surface area (TPSA) is 88.7 Å². The third kappa shape index (κ3) is 3.52. The summed E-state index contributed by atoms with van der Waals surface area (Å²) in [6.45, 7) is 1.04. The second-order valence-corrected chi connectivity index (χ2v) is 7.15. The number of aryl methyl sites for hydroxylation is 1. The number of rotatable bonds is 4. The fraction of sp³-hybridized carbons (Fsp3) is 0.381. The molecular formula is C21H22N2O5. The SMILES string of the molecule is COC(=O)c1cccc(OC2CCN(C(=O)c3cc4c([nH]3)CCCC4=O)C2)c1. The molecule has 1 amide bonds. The smallest absolute Gasteiger partial charge is 0.337 e. The number of fused-ring (bicyclic) bond motifs is 1. The largest absolute Gasteiger partial charge is 0.488 e. The number of hydrogen-bond acceptors (Lipinski definition) is 5. The predicted molar refractivity (Wildman–Crippen MR) is 101 cm³/mol. The van der Waals surface area contributed by atoms with Gasteiger partial charge < -0.3 is 19.4 Å². The van der Waals surface area contributed by atoms with Crippen LogP contribution in [0.3, 0.4) is 0 Å². The first-order valence-electron chi connectivity index (χ1n) is 9.44. The minimum Gasteiger partial charge on any atom is -0.488 e. The Labute approximate surface area is 162 Å². The summed E-state index contributed by atoms with van der Waals surface area (Å²) in [5.74, 6) is 0.142. The number of nitrogens with zero attached hydrogens (tertiary/aromatic N) is 1. The first-order chi connectivity index (χ1) is 13.5. The molecule has 2 aromatic rings. The molecule has 2 aliphatic rings. The van der Waals surface area contributed by atoms with Gasteiger partial charge in [0, 0.05) is 30.6 Å². The zero-order valence-corrected chi connectivity index (χ0v) is 15.7. The number of nitrogens with one attached hydrogen (secondary N) is 1. The zero-order valence-electron chi connectivity index (χ0n) is 15.7. The van der Waals surface area contributed by atoms with Crippen LogP contribution in [0.1, 0.15) is 56.2 Å². The van der Waals surface area contributed by atoms with Crippen LogP contribution in [-0.4, -0.2) is 53.8 Å². The molecule has 1 unspecified atom stereocenters. The van der Waals surface area contributed by atoms with Gasteiger partial charge in [0.1, 0.15) is 17.5 Å². The fourth-order valence-corrected chi connectivity index (χ4v) is 3.80. The molecule has 1 aliphatic carbocycles. The molecule has 7 heteroatoms. The van der Waals surface area contributed by atoms with E-state index in [-0.39, 0.29) is 17.8 Å². The summed E-state index contributed by atoms with van der Waals surface area (Å²) >= 11 is 0. The summed E-state index contributed by atoms with van der Waals surface area (Å²) in [4.78, 5) is 41.3. The van der Waals surface area contributed by atoms with E-state index in [1.807, 2.05) is 0 Å². The van der Waals surface area contributed by atoms with E-state index in [2.05, 4.69) is 4.98 Å². The number of ether oxygens (including phenoxy) is 2. The van der Waals surface area contributed by atoms with Gasteiger partial charge in [0.2, 0.25) is 0 Å². The highest BCUT2D eigenvalue weighted by molar-refractivity contribution is 6.02. The van der Waals surface area contributed by atoms with Crippen molar-refractivity contribution in [1.82, 2.24) is 9.88 Å². The van der Waals surface area contributed by atoms with Crippen LogP contribution in [0.2, 0.25) is 0 Å². The van der Waals surface area contributed by atoms with Crippen molar-refractivity contribution in [2.75, 3.05) is 20.2 Å². The minimum atomic E-state index is -0.418. The lowest BCUT2D eigenvalue weighted by Crippen LogP contribution is -2.31. The molecule has 0 saturated carbocycles. The quantitative estimate of drug-likeness (QED) is 0.821. The Morgan fingerprint density at radius 3 is 2.86 bits per heavy atom. The van der Waals surface area contributed by atoms with Crippen LogP contribution in [-0.2, 0) is 11.2 Å². The summed E-state index contributed by atoms with van der Waals surface area (Å²) in [6, 6.07) is 8.51. The van der Waals surface area contributed by atoms with Crippen molar-refractivity contribution >= 4 is 17.7 Å². The normalized spacial score (nSPS) is 18.7. The lowest BCUT2D eigenvalue weighted by molar-refractivity contribution is 0.0599. The number of Topliss-reactive ketones (excluding diaryl/α,β-unsaturated/α-hetero) is 1. The highest BCUT2D eigenvalue weighted by Crippen LogP contribution is 2.25. The highest BCUT2D eigenvalue weighted by atomic mass is 16.5. The summed E-state index contributed by atoms with van der Waals surface area (Å²) < 4.78 is 10.7. The summed E-state index contributed by atoms with van der Waals surface area (Å²) in [5, 5.41) is 0. The zero-order chi connectivity index (χ0) is 19.7. The Hall–Kier alpha value is -3.09. The molecule has 7 nitrogen and oxygen atoms in total. The standard InChI is InChI=1S/C21H22N2O5/c1-27-21(26)13-4-2-5-14(10-13)28-15-8-9-23(12-15)20(25)18-11-16-17(22-18)6-3-7-19(16)24/h2,4-5,10-11,15,22H,3,6-9,12H2,1H3. The van der Waals surface area contributed by atoms with Gasteiger partial charge in [-0.25, -0.2) is 4.79 Å². The predicted octanol–water partition coefficient (Wildman–Crippen LogP) is 2.61. The summed E-state index contributed by atoms with van der Waals surface area (Å²) in [7, 11) is 1.34. The number of benzene rings is 1. The van der Waals surface area contributed by atoms with Crippen LogP contribution in [0, 0.1) is 0 Å². The number of amides is 1. The van der Waals surface area contributed by atoms with E-state index in [9.17, 15) is 14.4 Å². The molecule has 1 fully saturated rings. The van der Waals surface area contributed by atoms with Crippen molar-refractivity contribution in [3.8, 4) is 5.75 Å². The van der Waals surface area contributed by atoms with Gasteiger partial charge in [0.25, 0.3) is 5.91 Å². The highest BCUT2D eigenvalue weighted by Gasteiger charge is 2.30. The van der Waals surface area contributed by atoms with Gasteiger partial charge in [-0.15, -0.1) is 0 Å². The minimum absolute atomic E-state index is 0.102. The first kappa shape index (κ1) is 18.3. The average Bonchev–Trinajstić information content (AvgIpc) is 3.35. The van der Waals surface area contributed by atoms with E-state index in [0.717, 1.165) is 18.5 Å². The molecule has 28 heavy (non-hydrogen) atoms. The Morgan fingerprint density at radius 2 is 2.07 bits per heavy atom. The molecule has 0 spiro atoms. The molecule has 1 atom stereocenters. The molecule has 0 radical (unpaired) electrons. The molecule has 146 valence electrons. The van der Waals surface area contributed by atoms with E-state index in [0.29, 0.717) is 48.5 Å². The van der Waals surface area contributed by atoms with Crippen LogP contribution in [0.15, 0.2) is 30.3 Å². The molecule has 0 bridgehead atoms. The number of aromatic nitrogens is 1. The number of methoxy groups -OCH3 is 1. The number of esters is 1. The number of H-pyrrole nitrogens is 1. The second-order valence-electron chi connectivity index (χ2n) is 7.15. The summed E-state index contributed by atoms with van der Waals surface area (Å²) in [6.07, 6.45) is 2.72. The van der Waals surface area contributed by atoms with Gasteiger partial charge in [0.15, 0.2) is 5.78 Å². The molecule has 1 aromatic heterocycles. The van der Waals surface area contributed by atoms with Gasteiger partial charge in [-0.1, -0.05) is 6.07 Å². The van der Waals surface area contributed by atoms with Crippen molar-refractivity contribution < 1.29 is 23.9 Å². The maximum Gasteiger partial charge on any atom is 0.337 e. The van der Waals surface area contributed by atoms with Gasteiger partial charge >= 0.3 is 5.97 Å². The third-order valence-electron chi connectivity index (χ3n) is 5.25.